The number of hydrogen-bond acceptors (Lipinski definition) is 2. The summed E-state index contributed by atoms with van der Waals surface area (Å²) in [6, 6.07) is 16.5. The van der Waals surface area contributed by atoms with Crippen molar-refractivity contribution in [3.63, 3.8) is 0 Å². The highest BCUT2D eigenvalue weighted by Crippen LogP contribution is 2.26. The molecule has 2 aromatic carbocycles. The van der Waals surface area contributed by atoms with Gasteiger partial charge in [-0.15, -0.1) is 0 Å². The Bertz CT molecular complexity index is 726. The molecule has 3 nitrogen and oxygen atoms in total. The van der Waals surface area contributed by atoms with Gasteiger partial charge in [0.1, 0.15) is 5.75 Å². The summed E-state index contributed by atoms with van der Waals surface area (Å²) in [4.78, 5) is 12.6. The SMILES string of the molecule is CC[C@H](Oc1ccc2c(c1)CCCC2)C(=O)NC[C@H](C)c1ccccc1. The Balaban J connectivity index is 1.57. The Morgan fingerprint density at radius 1 is 1.08 bits per heavy atom. The van der Waals surface area contributed by atoms with Gasteiger partial charge in [-0.3, -0.25) is 4.79 Å². The lowest BCUT2D eigenvalue weighted by Crippen LogP contribution is -2.39. The smallest absolute Gasteiger partial charge is 0.261 e. The molecule has 2 atom stereocenters. The number of benzene rings is 2. The Morgan fingerprint density at radius 2 is 1.81 bits per heavy atom. The molecule has 0 saturated heterocycles. The monoisotopic (exact) mass is 351 g/mol. The van der Waals surface area contributed by atoms with Crippen LogP contribution in [0.15, 0.2) is 48.5 Å². The van der Waals surface area contributed by atoms with Crippen molar-refractivity contribution in [2.75, 3.05) is 6.54 Å². The second-order valence-corrected chi connectivity index (χ2v) is 7.21. The molecule has 1 aliphatic rings. The molecule has 0 bridgehead atoms. The number of amides is 1. The van der Waals surface area contributed by atoms with Crippen LogP contribution in [0.2, 0.25) is 0 Å². The van der Waals surface area contributed by atoms with E-state index in [1.54, 1.807) is 0 Å². The standard InChI is InChI=1S/C23H29NO2/c1-3-22(23(25)24-16-17(2)18-9-5-4-6-10-18)26-21-14-13-19-11-7-8-12-20(19)15-21/h4-6,9-10,13-15,17,22H,3,7-8,11-12,16H2,1-2H3,(H,24,25)/t17-,22-/m0/s1. The number of nitrogens with one attached hydrogen (secondary N) is 1. The van der Waals surface area contributed by atoms with Crippen molar-refractivity contribution in [1.29, 1.82) is 0 Å². The largest absolute Gasteiger partial charge is 0.481 e. The van der Waals surface area contributed by atoms with Crippen molar-refractivity contribution in [3.8, 4) is 5.75 Å². The first-order chi connectivity index (χ1) is 12.7. The Kier molecular flexibility index (Phi) is 6.32. The highest BCUT2D eigenvalue weighted by Gasteiger charge is 2.20. The predicted octanol–water partition coefficient (Wildman–Crippen LogP) is 4.64. The van der Waals surface area contributed by atoms with Crippen LogP contribution in [0.3, 0.4) is 0 Å². The molecule has 1 aliphatic carbocycles. The van der Waals surface area contributed by atoms with E-state index < -0.39 is 6.10 Å². The lowest BCUT2D eigenvalue weighted by Gasteiger charge is -2.21. The fourth-order valence-corrected chi connectivity index (χ4v) is 3.54. The van der Waals surface area contributed by atoms with E-state index in [-0.39, 0.29) is 11.8 Å². The summed E-state index contributed by atoms with van der Waals surface area (Å²) in [6.45, 7) is 4.73. The zero-order valence-electron chi connectivity index (χ0n) is 15.8. The van der Waals surface area contributed by atoms with Gasteiger partial charge in [-0.05, 0) is 66.8 Å². The molecule has 1 amide bonds. The molecule has 0 radical (unpaired) electrons. The Labute approximate surface area is 156 Å². The maximum Gasteiger partial charge on any atom is 0.261 e. The number of rotatable bonds is 7. The molecule has 0 unspecified atom stereocenters. The maximum absolute atomic E-state index is 12.6. The van der Waals surface area contributed by atoms with Gasteiger partial charge in [0.05, 0.1) is 0 Å². The van der Waals surface area contributed by atoms with Crippen LogP contribution in [0.1, 0.15) is 55.7 Å². The molecule has 2 aromatic rings. The van der Waals surface area contributed by atoms with Gasteiger partial charge in [0, 0.05) is 6.54 Å². The molecular formula is C23H29NO2. The molecule has 0 fully saturated rings. The normalized spacial score (nSPS) is 15.6. The third kappa shape index (κ3) is 4.66. The van der Waals surface area contributed by atoms with E-state index >= 15 is 0 Å². The summed E-state index contributed by atoms with van der Waals surface area (Å²) in [7, 11) is 0. The van der Waals surface area contributed by atoms with Crippen LogP contribution in [0, 0.1) is 0 Å². The van der Waals surface area contributed by atoms with Crippen molar-refractivity contribution in [1.82, 2.24) is 5.32 Å². The molecule has 0 saturated carbocycles. The fraction of sp³-hybridized carbons (Fsp3) is 0.435. The summed E-state index contributed by atoms with van der Waals surface area (Å²) >= 11 is 0. The number of ether oxygens (including phenoxy) is 1. The highest BCUT2D eigenvalue weighted by molar-refractivity contribution is 5.81. The average molecular weight is 351 g/mol. The predicted molar refractivity (Wildman–Crippen MR) is 106 cm³/mol. The maximum atomic E-state index is 12.6. The van der Waals surface area contributed by atoms with Crippen LogP contribution < -0.4 is 10.1 Å². The van der Waals surface area contributed by atoms with Gasteiger partial charge in [0.15, 0.2) is 6.10 Å². The van der Waals surface area contributed by atoms with Crippen LogP contribution in [0.25, 0.3) is 0 Å². The zero-order chi connectivity index (χ0) is 18.4. The summed E-state index contributed by atoms with van der Waals surface area (Å²) in [6.07, 6.45) is 5.00. The quantitative estimate of drug-likeness (QED) is 0.789. The number of carbonyl (C=O) groups is 1. The molecule has 0 spiro atoms. The second kappa shape index (κ2) is 8.88. The van der Waals surface area contributed by atoms with Crippen LogP contribution >= 0.6 is 0 Å². The van der Waals surface area contributed by atoms with E-state index in [4.69, 9.17) is 4.74 Å². The van der Waals surface area contributed by atoms with Gasteiger partial charge in [-0.1, -0.05) is 50.2 Å². The average Bonchev–Trinajstić information content (AvgIpc) is 2.70. The number of hydrogen-bond donors (Lipinski definition) is 1. The van der Waals surface area contributed by atoms with Gasteiger partial charge >= 0.3 is 0 Å². The first kappa shape index (κ1) is 18.5. The lowest BCUT2D eigenvalue weighted by molar-refractivity contribution is -0.128. The van der Waals surface area contributed by atoms with Gasteiger partial charge in [0.25, 0.3) is 5.91 Å². The summed E-state index contributed by atoms with van der Waals surface area (Å²) in [5.41, 5.74) is 4.04. The first-order valence-corrected chi connectivity index (χ1v) is 9.78. The second-order valence-electron chi connectivity index (χ2n) is 7.21. The Hall–Kier alpha value is -2.29. The minimum atomic E-state index is -0.445. The minimum Gasteiger partial charge on any atom is -0.481 e. The molecule has 0 heterocycles. The van der Waals surface area contributed by atoms with E-state index in [9.17, 15) is 4.79 Å². The highest BCUT2D eigenvalue weighted by atomic mass is 16.5. The zero-order valence-corrected chi connectivity index (χ0v) is 15.8. The number of aryl methyl sites for hydroxylation is 2. The Morgan fingerprint density at radius 3 is 2.54 bits per heavy atom. The van der Waals surface area contributed by atoms with Crippen LogP contribution in [-0.4, -0.2) is 18.6 Å². The minimum absolute atomic E-state index is 0.0343. The summed E-state index contributed by atoms with van der Waals surface area (Å²) < 4.78 is 6.02. The van der Waals surface area contributed by atoms with E-state index in [2.05, 4.69) is 36.5 Å². The third-order valence-electron chi connectivity index (χ3n) is 5.21. The van der Waals surface area contributed by atoms with Crippen LogP contribution in [-0.2, 0) is 17.6 Å². The van der Waals surface area contributed by atoms with Crippen molar-refractivity contribution in [2.45, 2.75) is 58.0 Å². The van der Waals surface area contributed by atoms with Crippen LogP contribution in [0.5, 0.6) is 5.75 Å². The lowest BCUT2D eigenvalue weighted by atomic mass is 9.92. The van der Waals surface area contributed by atoms with Crippen molar-refractivity contribution in [3.05, 3.63) is 65.2 Å². The van der Waals surface area contributed by atoms with E-state index in [1.165, 1.54) is 29.5 Å². The van der Waals surface area contributed by atoms with Crippen LogP contribution in [0.4, 0.5) is 0 Å². The van der Waals surface area contributed by atoms with Gasteiger partial charge in [0.2, 0.25) is 0 Å². The molecular weight excluding hydrogens is 322 g/mol. The van der Waals surface area contributed by atoms with E-state index in [0.717, 1.165) is 18.6 Å². The van der Waals surface area contributed by atoms with Gasteiger partial charge < -0.3 is 10.1 Å². The number of carbonyl (C=O) groups excluding carboxylic acids is 1. The summed E-state index contributed by atoms with van der Waals surface area (Å²) in [5, 5.41) is 3.05. The first-order valence-electron chi connectivity index (χ1n) is 9.78. The molecule has 1 N–H and O–H groups in total. The molecule has 0 aliphatic heterocycles. The molecule has 26 heavy (non-hydrogen) atoms. The van der Waals surface area contributed by atoms with Crippen molar-refractivity contribution < 1.29 is 9.53 Å². The summed E-state index contributed by atoms with van der Waals surface area (Å²) in [5.74, 6) is 1.05. The van der Waals surface area contributed by atoms with E-state index in [0.29, 0.717) is 13.0 Å². The van der Waals surface area contributed by atoms with Gasteiger partial charge in [-0.25, -0.2) is 0 Å². The van der Waals surface area contributed by atoms with Crippen molar-refractivity contribution in [2.24, 2.45) is 0 Å². The molecule has 138 valence electrons. The molecule has 0 aromatic heterocycles. The fourth-order valence-electron chi connectivity index (χ4n) is 3.54. The number of fused-ring (bicyclic) bond motifs is 1. The molecule has 3 rings (SSSR count). The van der Waals surface area contributed by atoms with E-state index in [1.807, 2.05) is 31.2 Å². The molecule has 3 heteroatoms. The topological polar surface area (TPSA) is 38.3 Å². The van der Waals surface area contributed by atoms with Crippen molar-refractivity contribution >= 4 is 5.91 Å². The third-order valence-corrected chi connectivity index (χ3v) is 5.21. The van der Waals surface area contributed by atoms with Gasteiger partial charge in [-0.2, -0.15) is 0 Å².